The van der Waals surface area contributed by atoms with Crippen molar-refractivity contribution in [1.29, 1.82) is 0 Å². The van der Waals surface area contributed by atoms with E-state index >= 15 is 0 Å². The van der Waals surface area contributed by atoms with Crippen LogP contribution in [0.1, 0.15) is 27.7 Å². The smallest absolute Gasteiger partial charge is 0.319 e. The van der Waals surface area contributed by atoms with Crippen LogP contribution < -0.4 is 5.32 Å². The molecule has 0 radical (unpaired) electrons. The summed E-state index contributed by atoms with van der Waals surface area (Å²) in [7, 11) is 0. The molecule has 1 rings (SSSR count). The van der Waals surface area contributed by atoms with Crippen molar-refractivity contribution in [2.24, 2.45) is 11.3 Å². The highest BCUT2D eigenvalue weighted by atomic mass is 79.9. The number of nitrogens with one attached hydrogen (secondary N) is 1. The molecule has 21 heavy (non-hydrogen) atoms. The summed E-state index contributed by atoms with van der Waals surface area (Å²) < 4.78 is 5.66. The second kappa shape index (κ2) is 7.27. The summed E-state index contributed by atoms with van der Waals surface area (Å²) >= 11 is 9.19. The molecule has 1 atom stereocenters. The molecule has 0 aliphatic carbocycles. The molecule has 6 heteroatoms. The number of hydrogen-bond acceptors (Lipinski definition) is 3. The van der Waals surface area contributed by atoms with Gasteiger partial charge in [-0.2, -0.15) is 0 Å². The fraction of sp³-hybridized carbons (Fsp3) is 0.467. The van der Waals surface area contributed by atoms with Gasteiger partial charge in [0.2, 0.25) is 5.91 Å². The summed E-state index contributed by atoms with van der Waals surface area (Å²) in [5.41, 5.74) is 0.0119. The molecule has 0 saturated heterocycles. The van der Waals surface area contributed by atoms with Gasteiger partial charge in [-0.1, -0.05) is 32.4 Å². The third-order valence-electron chi connectivity index (χ3n) is 2.84. The van der Waals surface area contributed by atoms with Crippen molar-refractivity contribution in [3.05, 3.63) is 27.7 Å². The zero-order valence-electron chi connectivity index (χ0n) is 12.5. The van der Waals surface area contributed by atoms with E-state index in [2.05, 4.69) is 21.2 Å². The average Bonchev–Trinajstić information content (AvgIpc) is 2.31. The largest absolute Gasteiger partial charge is 0.465 e. The minimum atomic E-state index is -0.889. The average molecular weight is 377 g/mol. The van der Waals surface area contributed by atoms with Gasteiger partial charge in [0.25, 0.3) is 0 Å². The molecule has 0 spiro atoms. The maximum atomic E-state index is 12.4. The highest BCUT2D eigenvalue weighted by Crippen LogP contribution is 2.31. The number of amides is 1. The number of halogens is 2. The fourth-order valence-corrected chi connectivity index (χ4v) is 2.66. The van der Waals surface area contributed by atoms with Crippen molar-refractivity contribution in [3.8, 4) is 0 Å². The van der Waals surface area contributed by atoms with Crippen molar-refractivity contribution < 1.29 is 14.3 Å². The molecule has 1 unspecified atom stereocenters. The van der Waals surface area contributed by atoms with E-state index in [9.17, 15) is 9.59 Å². The van der Waals surface area contributed by atoms with E-state index in [0.717, 1.165) is 0 Å². The van der Waals surface area contributed by atoms with Crippen LogP contribution >= 0.6 is 27.5 Å². The van der Waals surface area contributed by atoms with Crippen LogP contribution in [-0.4, -0.2) is 18.5 Å². The Morgan fingerprint density at radius 3 is 2.48 bits per heavy atom. The summed E-state index contributed by atoms with van der Waals surface area (Å²) in [4.78, 5) is 24.5. The molecule has 1 aromatic carbocycles. The predicted octanol–water partition coefficient (Wildman–Crippen LogP) is 4.27. The van der Waals surface area contributed by atoms with Crippen molar-refractivity contribution in [1.82, 2.24) is 0 Å². The molecule has 4 nitrogen and oxygen atoms in total. The Hall–Kier alpha value is -1.07. The molecule has 1 N–H and O–H groups in total. The van der Waals surface area contributed by atoms with Crippen LogP contribution in [0.2, 0.25) is 5.02 Å². The second-order valence-electron chi connectivity index (χ2n) is 5.66. The number of carbonyl (C=O) groups is 2. The van der Waals surface area contributed by atoms with Crippen LogP contribution in [0.15, 0.2) is 22.7 Å². The molecule has 116 valence electrons. The molecule has 0 aliphatic rings. The molecular formula is C15H19BrClNO3. The number of esters is 1. The van der Waals surface area contributed by atoms with Crippen molar-refractivity contribution in [3.63, 3.8) is 0 Å². The monoisotopic (exact) mass is 375 g/mol. The molecule has 0 aromatic heterocycles. The van der Waals surface area contributed by atoms with Gasteiger partial charge in [-0.25, -0.2) is 0 Å². The quantitative estimate of drug-likeness (QED) is 0.631. The Morgan fingerprint density at radius 2 is 2.00 bits per heavy atom. The molecule has 0 heterocycles. The predicted molar refractivity (Wildman–Crippen MR) is 87.4 cm³/mol. The van der Waals surface area contributed by atoms with Crippen LogP contribution in [-0.2, 0) is 14.3 Å². The Kier molecular flexibility index (Phi) is 6.23. The van der Waals surface area contributed by atoms with Gasteiger partial charge in [-0.3, -0.25) is 9.59 Å². The van der Waals surface area contributed by atoms with E-state index in [-0.39, 0.29) is 6.61 Å². The first kappa shape index (κ1) is 18.0. The van der Waals surface area contributed by atoms with Crippen molar-refractivity contribution in [2.75, 3.05) is 11.9 Å². The maximum Gasteiger partial charge on any atom is 0.319 e. The van der Waals surface area contributed by atoms with Crippen LogP contribution in [0, 0.1) is 11.3 Å². The summed E-state index contributed by atoms with van der Waals surface area (Å²) in [5.74, 6) is -1.81. The molecular weight excluding hydrogens is 358 g/mol. The minimum absolute atomic E-state index is 0.239. The Morgan fingerprint density at radius 1 is 1.38 bits per heavy atom. The number of carbonyl (C=O) groups excluding carboxylic acids is 2. The SMILES string of the molecule is CCOC(=O)C(C(=O)Nc1ccc(Cl)cc1Br)C(C)(C)C. The third-order valence-corrected chi connectivity index (χ3v) is 3.73. The van der Waals surface area contributed by atoms with Crippen molar-refractivity contribution >= 4 is 45.1 Å². The first-order valence-electron chi connectivity index (χ1n) is 6.59. The maximum absolute atomic E-state index is 12.4. The molecule has 0 bridgehead atoms. The van der Waals surface area contributed by atoms with Gasteiger partial charge in [-0.05, 0) is 46.5 Å². The Labute approximate surface area is 138 Å². The molecule has 0 saturated carbocycles. The van der Waals surface area contributed by atoms with Crippen LogP contribution in [0.5, 0.6) is 0 Å². The lowest BCUT2D eigenvalue weighted by Crippen LogP contribution is -2.40. The van der Waals surface area contributed by atoms with Gasteiger partial charge in [0.1, 0.15) is 5.92 Å². The highest BCUT2D eigenvalue weighted by molar-refractivity contribution is 9.10. The lowest BCUT2D eigenvalue weighted by molar-refractivity contribution is -0.155. The first-order valence-corrected chi connectivity index (χ1v) is 7.76. The van der Waals surface area contributed by atoms with Gasteiger partial charge >= 0.3 is 5.97 Å². The second-order valence-corrected chi connectivity index (χ2v) is 6.96. The van der Waals surface area contributed by atoms with Gasteiger partial charge < -0.3 is 10.1 Å². The van der Waals surface area contributed by atoms with Gasteiger partial charge in [0.05, 0.1) is 12.3 Å². The first-order chi connectivity index (χ1) is 9.66. The van der Waals surface area contributed by atoms with Crippen LogP contribution in [0.25, 0.3) is 0 Å². The number of benzene rings is 1. The zero-order chi connectivity index (χ0) is 16.2. The molecule has 0 aliphatic heterocycles. The number of ether oxygens (including phenoxy) is 1. The van der Waals surface area contributed by atoms with Crippen molar-refractivity contribution in [2.45, 2.75) is 27.7 Å². The van der Waals surface area contributed by atoms with Crippen LogP contribution in [0.4, 0.5) is 5.69 Å². The number of anilines is 1. The number of rotatable bonds is 4. The topological polar surface area (TPSA) is 55.4 Å². The lowest BCUT2D eigenvalue weighted by atomic mass is 9.80. The molecule has 1 aromatic rings. The zero-order valence-corrected chi connectivity index (χ0v) is 14.8. The summed E-state index contributed by atoms with van der Waals surface area (Å²) in [6.07, 6.45) is 0. The van der Waals surface area contributed by atoms with E-state index in [1.54, 1.807) is 25.1 Å². The number of hydrogen-bond donors (Lipinski definition) is 1. The fourth-order valence-electron chi connectivity index (χ4n) is 1.88. The standard InChI is InChI=1S/C15H19BrClNO3/c1-5-21-14(20)12(15(2,3)4)13(19)18-11-7-6-9(17)8-10(11)16/h6-8,12H,5H2,1-4H3,(H,18,19). The lowest BCUT2D eigenvalue weighted by Gasteiger charge is -2.27. The van der Waals surface area contributed by atoms with E-state index in [4.69, 9.17) is 16.3 Å². The molecule has 1 amide bonds. The Balaban J connectivity index is 2.99. The van der Waals surface area contributed by atoms with E-state index < -0.39 is 23.2 Å². The minimum Gasteiger partial charge on any atom is -0.465 e. The summed E-state index contributed by atoms with van der Waals surface area (Å²) in [6, 6.07) is 5.02. The van der Waals surface area contributed by atoms with Gasteiger partial charge in [-0.15, -0.1) is 0 Å². The van der Waals surface area contributed by atoms with Gasteiger partial charge in [0, 0.05) is 9.50 Å². The van der Waals surface area contributed by atoms with E-state index in [1.807, 2.05) is 20.8 Å². The van der Waals surface area contributed by atoms with Crippen LogP contribution in [0.3, 0.4) is 0 Å². The normalized spacial score (nSPS) is 12.7. The van der Waals surface area contributed by atoms with Gasteiger partial charge in [0.15, 0.2) is 0 Å². The summed E-state index contributed by atoms with van der Waals surface area (Å²) in [6.45, 7) is 7.43. The third kappa shape index (κ3) is 5.00. The Bertz CT molecular complexity index is 540. The molecule has 0 fully saturated rings. The highest BCUT2D eigenvalue weighted by Gasteiger charge is 2.39. The van der Waals surface area contributed by atoms with E-state index in [0.29, 0.717) is 15.2 Å². The summed E-state index contributed by atoms with van der Waals surface area (Å²) in [5, 5.41) is 3.29. The van der Waals surface area contributed by atoms with E-state index in [1.165, 1.54) is 0 Å².